The number of hydrogen-bond acceptors (Lipinski definition) is 2. The number of hydrogen-bond donors (Lipinski definition) is 0. The zero-order valence-electron chi connectivity index (χ0n) is 13.1. The Kier molecular flexibility index (Phi) is 5.36. The molecule has 1 aliphatic carbocycles. The van der Waals surface area contributed by atoms with E-state index in [1.807, 2.05) is 32.9 Å². The number of ether oxygens (including phenoxy) is 1. The van der Waals surface area contributed by atoms with Gasteiger partial charge in [0.25, 0.3) is 0 Å². The molecular weight excluding hydrogens is 319 g/mol. The predicted molar refractivity (Wildman–Crippen MR) is 92.2 cm³/mol. The SMILES string of the molecule is CC(C)(C)OC(=O)C1=CCCCC=C1c1ccc(Cl)cc1Cl. The Balaban J connectivity index is 2.42. The van der Waals surface area contributed by atoms with Crippen LogP contribution in [-0.2, 0) is 9.53 Å². The summed E-state index contributed by atoms with van der Waals surface area (Å²) in [4.78, 5) is 12.5. The summed E-state index contributed by atoms with van der Waals surface area (Å²) < 4.78 is 5.53. The van der Waals surface area contributed by atoms with Crippen molar-refractivity contribution in [2.75, 3.05) is 0 Å². The van der Waals surface area contributed by atoms with Gasteiger partial charge in [-0.25, -0.2) is 4.79 Å². The second-order valence-corrected chi connectivity index (χ2v) is 7.14. The van der Waals surface area contributed by atoms with Gasteiger partial charge in [-0.15, -0.1) is 0 Å². The first kappa shape index (κ1) is 17.1. The molecule has 118 valence electrons. The molecule has 0 bridgehead atoms. The highest BCUT2D eigenvalue weighted by Gasteiger charge is 2.24. The third-order valence-electron chi connectivity index (χ3n) is 3.24. The van der Waals surface area contributed by atoms with E-state index in [0.29, 0.717) is 15.6 Å². The van der Waals surface area contributed by atoms with Gasteiger partial charge in [-0.2, -0.15) is 0 Å². The van der Waals surface area contributed by atoms with Crippen molar-refractivity contribution in [1.82, 2.24) is 0 Å². The largest absolute Gasteiger partial charge is 0.456 e. The number of benzene rings is 1. The predicted octanol–water partition coefficient (Wildman–Crippen LogP) is 5.83. The lowest BCUT2D eigenvalue weighted by Crippen LogP contribution is -2.25. The highest BCUT2D eigenvalue weighted by molar-refractivity contribution is 6.36. The van der Waals surface area contributed by atoms with Gasteiger partial charge in [0.2, 0.25) is 0 Å². The molecule has 1 aromatic carbocycles. The maximum Gasteiger partial charge on any atom is 0.338 e. The van der Waals surface area contributed by atoms with Gasteiger partial charge < -0.3 is 4.74 Å². The molecule has 0 unspecified atom stereocenters. The molecule has 4 heteroatoms. The number of allylic oxidation sites excluding steroid dienone is 2. The van der Waals surface area contributed by atoms with Gasteiger partial charge >= 0.3 is 5.97 Å². The van der Waals surface area contributed by atoms with Crippen molar-refractivity contribution < 1.29 is 9.53 Å². The van der Waals surface area contributed by atoms with Crippen molar-refractivity contribution in [1.29, 1.82) is 0 Å². The molecule has 1 aliphatic rings. The van der Waals surface area contributed by atoms with E-state index in [-0.39, 0.29) is 5.97 Å². The van der Waals surface area contributed by atoms with Crippen LogP contribution in [0.3, 0.4) is 0 Å². The molecule has 0 fully saturated rings. The van der Waals surface area contributed by atoms with E-state index < -0.39 is 5.60 Å². The van der Waals surface area contributed by atoms with Crippen LogP contribution in [0.15, 0.2) is 35.9 Å². The standard InChI is InChI=1S/C18H20Cl2O2/c1-18(2,3)22-17(21)15-8-6-4-5-7-13(15)14-10-9-12(19)11-16(14)20/h7-11H,4-6H2,1-3H3. The molecule has 0 radical (unpaired) electrons. The molecule has 0 saturated carbocycles. The molecule has 0 amide bonds. The summed E-state index contributed by atoms with van der Waals surface area (Å²) in [5.74, 6) is -0.313. The molecule has 1 aromatic rings. The number of esters is 1. The van der Waals surface area contributed by atoms with Crippen LogP contribution < -0.4 is 0 Å². The summed E-state index contributed by atoms with van der Waals surface area (Å²) in [6.45, 7) is 5.59. The smallest absolute Gasteiger partial charge is 0.338 e. The van der Waals surface area contributed by atoms with Crippen molar-refractivity contribution in [2.24, 2.45) is 0 Å². The lowest BCUT2D eigenvalue weighted by atomic mass is 9.97. The lowest BCUT2D eigenvalue weighted by Gasteiger charge is -2.22. The second kappa shape index (κ2) is 6.89. The Morgan fingerprint density at radius 3 is 2.45 bits per heavy atom. The van der Waals surface area contributed by atoms with Gasteiger partial charge in [0, 0.05) is 15.6 Å². The summed E-state index contributed by atoms with van der Waals surface area (Å²) in [7, 11) is 0. The van der Waals surface area contributed by atoms with Crippen LogP contribution in [0.4, 0.5) is 0 Å². The Morgan fingerprint density at radius 1 is 1.14 bits per heavy atom. The van der Waals surface area contributed by atoms with Gasteiger partial charge in [0.1, 0.15) is 5.60 Å². The summed E-state index contributed by atoms with van der Waals surface area (Å²) >= 11 is 12.3. The molecule has 0 atom stereocenters. The van der Waals surface area contributed by atoms with Gasteiger partial charge in [0.15, 0.2) is 0 Å². The first-order chi connectivity index (χ1) is 10.3. The van der Waals surface area contributed by atoms with Crippen molar-refractivity contribution in [3.8, 4) is 0 Å². The highest BCUT2D eigenvalue weighted by Crippen LogP contribution is 2.34. The molecule has 22 heavy (non-hydrogen) atoms. The fourth-order valence-electron chi connectivity index (χ4n) is 2.32. The number of halogens is 2. The second-order valence-electron chi connectivity index (χ2n) is 6.29. The third kappa shape index (κ3) is 4.37. The summed E-state index contributed by atoms with van der Waals surface area (Å²) in [6, 6.07) is 5.32. The molecule has 0 saturated heterocycles. The zero-order valence-corrected chi connectivity index (χ0v) is 14.6. The fourth-order valence-corrected chi connectivity index (χ4v) is 2.83. The minimum Gasteiger partial charge on any atom is -0.456 e. The van der Waals surface area contributed by atoms with Crippen LogP contribution >= 0.6 is 23.2 Å². The van der Waals surface area contributed by atoms with Crippen LogP contribution in [0.1, 0.15) is 45.6 Å². The Hall–Kier alpha value is -1.25. The zero-order chi connectivity index (χ0) is 16.3. The minimum absolute atomic E-state index is 0.313. The minimum atomic E-state index is -0.529. The number of carbonyl (C=O) groups excluding carboxylic acids is 1. The molecule has 0 heterocycles. The van der Waals surface area contributed by atoms with E-state index in [1.165, 1.54) is 0 Å². The van der Waals surface area contributed by atoms with Crippen LogP contribution in [0.5, 0.6) is 0 Å². The van der Waals surface area contributed by atoms with Gasteiger partial charge in [-0.05, 0) is 57.7 Å². The van der Waals surface area contributed by atoms with E-state index in [0.717, 1.165) is 30.4 Å². The first-order valence-corrected chi connectivity index (χ1v) is 8.13. The maximum atomic E-state index is 12.5. The fraction of sp³-hybridized carbons (Fsp3) is 0.389. The molecule has 0 aromatic heterocycles. The van der Waals surface area contributed by atoms with Gasteiger partial charge in [-0.1, -0.05) is 41.4 Å². The molecule has 0 spiro atoms. The average Bonchev–Trinajstić information content (AvgIpc) is 2.62. The summed E-state index contributed by atoms with van der Waals surface area (Å²) in [5.41, 5.74) is 1.69. The molecule has 2 rings (SSSR count). The Morgan fingerprint density at radius 2 is 1.82 bits per heavy atom. The van der Waals surface area contributed by atoms with Crippen molar-refractivity contribution in [2.45, 2.75) is 45.6 Å². The Labute approximate surface area is 141 Å². The topological polar surface area (TPSA) is 26.3 Å². The molecule has 2 nitrogen and oxygen atoms in total. The van der Waals surface area contributed by atoms with Gasteiger partial charge in [-0.3, -0.25) is 0 Å². The number of carbonyl (C=O) groups is 1. The quantitative estimate of drug-likeness (QED) is 0.634. The maximum absolute atomic E-state index is 12.5. The summed E-state index contributed by atoms with van der Waals surface area (Å²) in [6.07, 6.45) is 6.74. The molecular formula is C18H20Cl2O2. The van der Waals surface area contributed by atoms with E-state index >= 15 is 0 Å². The van der Waals surface area contributed by atoms with Crippen LogP contribution in [0.2, 0.25) is 10.0 Å². The van der Waals surface area contributed by atoms with E-state index in [1.54, 1.807) is 12.1 Å². The van der Waals surface area contributed by atoms with E-state index in [4.69, 9.17) is 27.9 Å². The van der Waals surface area contributed by atoms with Crippen LogP contribution in [0.25, 0.3) is 5.57 Å². The third-order valence-corrected chi connectivity index (χ3v) is 3.78. The summed E-state index contributed by atoms with van der Waals surface area (Å²) in [5, 5.41) is 1.11. The van der Waals surface area contributed by atoms with Crippen molar-refractivity contribution >= 4 is 34.7 Å². The van der Waals surface area contributed by atoms with Crippen LogP contribution in [-0.4, -0.2) is 11.6 Å². The van der Waals surface area contributed by atoms with E-state index in [2.05, 4.69) is 6.08 Å². The monoisotopic (exact) mass is 338 g/mol. The van der Waals surface area contributed by atoms with Crippen molar-refractivity contribution in [3.05, 3.63) is 51.5 Å². The van der Waals surface area contributed by atoms with Crippen molar-refractivity contribution in [3.63, 3.8) is 0 Å². The average molecular weight is 339 g/mol. The Bertz CT molecular complexity index is 637. The van der Waals surface area contributed by atoms with Gasteiger partial charge in [0.05, 0.1) is 5.57 Å². The molecule has 0 N–H and O–H groups in total. The number of rotatable bonds is 2. The van der Waals surface area contributed by atoms with E-state index in [9.17, 15) is 4.79 Å². The normalized spacial score (nSPS) is 15.7. The highest BCUT2D eigenvalue weighted by atomic mass is 35.5. The first-order valence-electron chi connectivity index (χ1n) is 7.37. The lowest BCUT2D eigenvalue weighted by molar-refractivity contribution is -0.149. The molecule has 0 aliphatic heterocycles. The van der Waals surface area contributed by atoms with Crippen LogP contribution in [0, 0.1) is 0 Å².